The summed E-state index contributed by atoms with van der Waals surface area (Å²) in [5, 5.41) is 0. The fourth-order valence-corrected chi connectivity index (χ4v) is 2.84. The lowest BCUT2D eigenvalue weighted by Gasteiger charge is -2.42. The van der Waals surface area contributed by atoms with Gasteiger partial charge in [-0.05, 0) is 34.9 Å². The van der Waals surface area contributed by atoms with Crippen molar-refractivity contribution in [3.8, 4) is 0 Å². The number of nitrogens with two attached hydrogens (primary N) is 1. The van der Waals surface area contributed by atoms with E-state index in [1.165, 1.54) is 5.56 Å². The van der Waals surface area contributed by atoms with E-state index in [1.54, 1.807) is 0 Å². The van der Waals surface area contributed by atoms with Gasteiger partial charge in [-0.3, -0.25) is 4.79 Å². The van der Waals surface area contributed by atoms with Crippen molar-refractivity contribution in [2.75, 3.05) is 13.1 Å². The third-order valence-electron chi connectivity index (χ3n) is 4.60. The van der Waals surface area contributed by atoms with Gasteiger partial charge in [0, 0.05) is 24.7 Å². The number of halogens is 1. The Bertz CT molecular complexity index is 517. The van der Waals surface area contributed by atoms with Crippen molar-refractivity contribution >= 4 is 18.3 Å². The van der Waals surface area contributed by atoms with Crippen molar-refractivity contribution < 1.29 is 4.79 Å². The third kappa shape index (κ3) is 4.02. The van der Waals surface area contributed by atoms with Gasteiger partial charge >= 0.3 is 0 Å². The first-order valence-corrected chi connectivity index (χ1v) is 7.77. The van der Waals surface area contributed by atoms with Gasteiger partial charge in [-0.15, -0.1) is 12.4 Å². The Morgan fingerprint density at radius 1 is 1.23 bits per heavy atom. The molecule has 1 saturated heterocycles. The molecule has 0 saturated carbocycles. The number of benzene rings is 1. The smallest absolute Gasteiger partial charge is 0.253 e. The second-order valence-corrected chi connectivity index (χ2v) is 7.94. The zero-order valence-electron chi connectivity index (χ0n) is 14.3. The maximum absolute atomic E-state index is 12.6. The predicted octanol–water partition coefficient (Wildman–Crippen LogP) is 3.61. The summed E-state index contributed by atoms with van der Waals surface area (Å²) in [4.78, 5) is 14.6. The molecule has 1 aliphatic rings. The number of piperidine rings is 1. The summed E-state index contributed by atoms with van der Waals surface area (Å²) in [6, 6.07) is 8.20. The van der Waals surface area contributed by atoms with Crippen molar-refractivity contribution in [3.05, 3.63) is 35.4 Å². The molecule has 124 valence electrons. The number of nitrogens with zero attached hydrogens (tertiary/aromatic N) is 1. The quantitative estimate of drug-likeness (QED) is 0.857. The summed E-state index contributed by atoms with van der Waals surface area (Å²) >= 11 is 0. The van der Waals surface area contributed by atoms with E-state index in [4.69, 9.17) is 5.73 Å². The van der Waals surface area contributed by atoms with E-state index in [-0.39, 0.29) is 35.2 Å². The average molecular weight is 325 g/mol. The molecule has 4 heteroatoms. The maximum atomic E-state index is 12.6. The van der Waals surface area contributed by atoms with Gasteiger partial charge in [0.2, 0.25) is 0 Å². The van der Waals surface area contributed by atoms with Gasteiger partial charge in [0.15, 0.2) is 0 Å². The van der Waals surface area contributed by atoms with Crippen LogP contribution in [0.2, 0.25) is 0 Å². The monoisotopic (exact) mass is 324 g/mol. The van der Waals surface area contributed by atoms with Gasteiger partial charge < -0.3 is 10.6 Å². The molecule has 1 fully saturated rings. The summed E-state index contributed by atoms with van der Waals surface area (Å²) in [6.07, 6.45) is 0.874. The number of hydrogen-bond donors (Lipinski definition) is 1. The minimum Gasteiger partial charge on any atom is -0.338 e. The van der Waals surface area contributed by atoms with Crippen LogP contribution in [0.4, 0.5) is 0 Å². The van der Waals surface area contributed by atoms with Gasteiger partial charge in [-0.1, -0.05) is 46.8 Å². The third-order valence-corrected chi connectivity index (χ3v) is 4.60. The van der Waals surface area contributed by atoms with E-state index >= 15 is 0 Å². The van der Waals surface area contributed by atoms with Crippen molar-refractivity contribution in [3.63, 3.8) is 0 Å². The highest BCUT2D eigenvalue weighted by Gasteiger charge is 2.35. The zero-order chi connectivity index (χ0) is 15.8. The number of likely N-dealkylation sites (tertiary alicyclic amines) is 1. The highest BCUT2D eigenvalue weighted by Crippen LogP contribution is 2.29. The first kappa shape index (κ1) is 19.0. The standard InChI is InChI=1S/C18H28N2O.ClH/c1-17(2,3)14-8-6-13(7-9-14)16(21)20-11-10-15(19)18(4,5)12-20;/h6-9,15H,10-12,19H2,1-5H3;1H. The average Bonchev–Trinajstić information content (AvgIpc) is 2.40. The van der Waals surface area contributed by atoms with E-state index in [1.807, 2.05) is 17.0 Å². The second-order valence-electron chi connectivity index (χ2n) is 7.94. The first-order valence-electron chi connectivity index (χ1n) is 7.77. The topological polar surface area (TPSA) is 46.3 Å². The number of carbonyl (C=O) groups excluding carboxylic acids is 1. The zero-order valence-corrected chi connectivity index (χ0v) is 15.2. The van der Waals surface area contributed by atoms with Gasteiger partial charge in [-0.25, -0.2) is 0 Å². The Hall–Kier alpha value is -1.06. The molecule has 1 aliphatic heterocycles. The molecule has 1 aromatic carbocycles. The molecule has 2 rings (SSSR count). The Morgan fingerprint density at radius 3 is 2.23 bits per heavy atom. The minimum absolute atomic E-state index is 0. The number of rotatable bonds is 1. The Labute approximate surface area is 140 Å². The normalized spacial score (nSPS) is 21.2. The fourth-order valence-electron chi connectivity index (χ4n) is 2.84. The molecule has 1 atom stereocenters. The number of carbonyl (C=O) groups is 1. The Balaban J connectivity index is 0.00000242. The van der Waals surface area contributed by atoms with Crippen molar-refractivity contribution in [2.24, 2.45) is 11.1 Å². The van der Waals surface area contributed by atoms with E-state index < -0.39 is 0 Å². The van der Waals surface area contributed by atoms with Crippen LogP contribution in [0.15, 0.2) is 24.3 Å². The summed E-state index contributed by atoms with van der Waals surface area (Å²) in [5.41, 5.74) is 8.26. The molecule has 0 aliphatic carbocycles. The molecule has 0 aromatic heterocycles. The Kier molecular flexibility index (Phi) is 5.69. The van der Waals surface area contributed by atoms with E-state index in [0.29, 0.717) is 0 Å². The van der Waals surface area contributed by atoms with Crippen LogP contribution in [-0.4, -0.2) is 29.9 Å². The van der Waals surface area contributed by atoms with Crippen LogP contribution < -0.4 is 5.73 Å². The molecular weight excluding hydrogens is 296 g/mol. The van der Waals surface area contributed by atoms with Gasteiger partial charge in [0.05, 0.1) is 0 Å². The van der Waals surface area contributed by atoms with Crippen LogP contribution >= 0.6 is 12.4 Å². The van der Waals surface area contributed by atoms with Crippen LogP contribution in [0, 0.1) is 5.41 Å². The number of hydrogen-bond acceptors (Lipinski definition) is 2. The molecule has 1 amide bonds. The van der Waals surface area contributed by atoms with Gasteiger partial charge in [0.1, 0.15) is 0 Å². The van der Waals surface area contributed by atoms with Crippen LogP contribution in [-0.2, 0) is 5.41 Å². The first-order chi connectivity index (χ1) is 9.61. The summed E-state index contributed by atoms with van der Waals surface area (Å²) in [5.74, 6) is 0.121. The molecule has 0 bridgehead atoms. The largest absolute Gasteiger partial charge is 0.338 e. The minimum atomic E-state index is -0.0146. The maximum Gasteiger partial charge on any atom is 0.253 e. The Morgan fingerprint density at radius 2 is 1.77 bits per heavy atom. The molecule has 1 unspecified atom stereocenters. The van der Waals surface area contributed by atoms with E-state index in [9.17, 15) is 4.79 Å². The predicted molar refractivity (Wildman–Crippen MR) is 94.7 cm³/mol. The molecule has 0 spiro atoms. The summed E-state index contributed by atoms with van der Waals surface area (Å²) in [6.45, 7) is 12.3. The van der Waals surface area contributed by atoms with Crippen LogP contribution in [0.25, 0.3) is 0 Å². The summed E-state index contributed by atoms with van der Waals surface area (Å²) in [7, 11) is 0. The van der Waals surface area contributed by atoms with Crippen molar-refractivity contribution in [2.45, 2.75) is 52.5 Å². The van der Waals surface area contributed by atoms with Gasteiger partial charge in [0.25, 0.3) is 5.91 Å². The van der Waals surface area contributed by atoms with Crippen LogP contribution in [0.1, 0.15) is 57.0 Å². The molecule has 2 N–H and O–H groups in total. The lowest BCUT2D eigenvalue weighted by molar-refractivity contribution is 0.0533. The second kappa shape index (κ2) is 6.59. The van der Waals surface area contributed by atoms with E-state index in [2.05, 4.69) is 46.8 Å². The molecule has 3 nitrogen and oxygen atoms in total. The highest BCUT2D eigenvalue weighted by molar-refractivity contribution is 5.94. The van der Waals surface area contributed by atoms with Gasteiger partial charge in [-0.2, -0.15) is 0 Å². The molecular formula is C18H29ClN2O. The van der Waals surface area contributed by atoms with Crippen LogP contribution in [0.5, 0.6) is 0 Å². The van der Waals surface area contributed by atoms with Crippen LogP contribution in [0.3, 0.4) is 0 Å². The molecule has 22 heavy (non-hydrogen) atoms. The highest BCUT2D eigenvalue weighted by atomic mass is 35.5. The lowest BCUT2D eigenvalue weighted by atomic mass is 9.79. The summed E-state index contributed by atoms with van der Waals surface area (Å²) < 4.78 is 0. The lowest BCUT2D eigenvalue weighted by Crippen LogP contribution is -2.54. The van der Waals surface area contributed by atoms with Crippen molar-refractivity contribution in [1.29, 1.82) is 0 Å². The number of amides is 1. The SMILES string of the molecule is CC(C)(C)c1ccc(C(=O)N2CCC(N)C(C)(C)C2)cc1.Cl. The van der Waals surface area contributed by atoms with E-state index in [0.717, 1.165) is 25.1 Å². The molecule has 0 radical (unpaired) electrons. The fraction of sp³-hybridized carbons (Fsp3) is 0.611. The molecule has 1 heterocycles. The molecule has 1 aromatic rings. The van der Waals surface area contributed by atoms with Crippen molar-refractivity contribution in [1.82, 2.24) is 4.90 Å².